The monoisotopic (exact) mass is 379 g/mol. The van der Waals surface area contributed by atoms with Gasteiger partial charge in [-0.05, 0) is 26.2 Å². The molecule has 0 bridgehead atoms. The Morgan fingerprint density at radius 3 is 2.17 bits per heavy atom. The molecule has 1 aliphatic heterocycles. The van der Waals surface area contributed by atoms with Gasteiger partial charge in [-0.3, -0.25) is 9.69 Å². The smallest absolute Gasteiger partial charge is 0.340 e. The first-order valence-corrected chi connectivity index (χ1v) is 7.64. The van der Waals surface area contributed by atoms with Crippen LogP contribution >= 0.6 is 24.8 Å². The maximum atomic E-state index is 12.7. The summed E-state index contributed by atoms with van der Waals surface area (Å²) in [5.41, 5.74) is 5.90. The molecule has 0 aromatic carbocycles. The minimum Gasteiger partial charge on any atom is -0.340 e. The van der Waals surface area contributed by atoms with Gasteiger partial charge in [-0.2, -0.15) is 13.2 Å². The molecule has 2 fully saturated rings. The molecule has 2 rings (SSSR count). The average molecular weight is 380 g/mol. The van der Waals surface area contributed by atoms with Crippen LogP contribution in [0.15, 0.2) is 0 Å². The Morgan fingerprint density at radius 1 is 1.13 bits per heavy atom. The lowest BCUT2D eigenvalue weighted by atomic mass is 9.85. The standard InChI is InChI=1S/C14H24F3N3O.2ClH/c1-10(14(15,16)17)19-5-7-20(8-6-19)13(21)11-3-2-4-12(18)9-11;;/h10-12H,2-9,18H2,1H3;2*1H. The maximum absolute atomic E-state index is 12.7. The van der Waals surface area contributed by atoms with Crippen molar-refractivity contribution in [1.29, 1.82) is 0 Å². The SMILES string of the molecule is CC(N1CCN(C(=O)C2CCCC(N)C2)CC1)C(F)(F)F.Cl.Cl. The van der Waals surface area contributed by atoms with Crippen LogP contribution in [0.4, 0.5) is 13.2 Å². The summed E-state index contributed by atoms with van der Waals surface area (Å²) < 4.78 is 38.1. The zero-order valence-electron chi connectivity index (χ0n) is 13.2. The van der Waals surface area contributed by atoms with E-state index in [0.717, 1.165) is 19.3 Å². The molecule has 138 valence electrons. The zero-order chi connectivity index (χ0) is 15.6. The van der Waals surface area contributed by atoms with Crippen molar-refractivity contribution in [3.63, 3.8) is 0 Å². The summed E-state index contributed by atoms with van der Waals surface area (Å²) >= 11 is 0. The normalized spacial score (nSPS) is 27.6. The molecule has 0 radical (unpaired) electrons. The highest BCUT2D eigenvalue weighted by atomic mass is 35.5. The third kappa shape index (κ3) is 5.96. The number of hydrogen-bond donors (Lipinski definition) is 1. The zero-order valence-corrected chi connectivity index (χ0v) is 14.9. The lowest BCUT2D eigenvalue weighted by Gasteiger charge is -2.40. The molecule has 3 atom stereocenters. The van der Waals surface area contributed by atoms with E-state index in [1.807, 2.05) is 0 Å². The second-order valence-electron chi connectivity index (χ2n) is 6.20. The molecule has 4 nitrogen and oxygen atoms in total. The fraction of sp³-hybridized carbons (Fsp3) is 0.929. The Bertz CT molecular complexity index is 377. The van der Waals surface area contributed by atoms with E-state index in [-0.39, 0.29) is 55.8 Å². The molecule has 0 aromatic rings. The van der Waals surface area contributed by atoms with Gasteiger partial charge in [0.25, 0.3) is 0 Å². The van der Waals surface area contributed by atoms with Gasteiger partial charge in [0, 0.05) is 38.1 Å². The van der Waals surface area contributed by atoms with Crippen LogP contribution in [-0.4, -0.2) is 60.1 Å². The summed E-state index contributed by atoms with van der Waals surface area (Å²) in [5.74, 6) is 0.0322. The molecule has 1 heterocycles. The van der Waals surface area contributed by atoms with Crippen molar-refractivity contribution in [3.8, 4) is 0 Å². The van der Waals surface area contributed by atoms with Crippen molar-refractivity contribution in [1.82, 2.24) is 9.80 Å². The molecule has 0 spiro atoms. The van der Waals surface area contributed by atoms with Crippen molar-refractivity contribution in [2.45, 2.75) is 50.9 Å². The highest BCUT2D eigenvalue weighted by Gasteiger charge is 2.41. The Kier molecular flexibility index (Phi) is 9.20. The Balaban J connectivity index is 0.00000242. The van der Waals surface area contributed by atoms with Crippen LogP contribution in [0.5, 0.6) is 0 Å². The number of nitrogens with two attached hydrogens (primary N) is 1. The number of hydrogen-bond acceptors (Lipinski definition) is 3. The summed E-state index contributed by atoms with van der Waals surface area (Å²) in [6.45, 7) is 2.50. The van der Waals surface area contributed by atoms with Gasteiger partial charge in [-0.15, -0.1) is 24.8 Å². The molecular weight excluding hydrogens is 354 g/mol. The molecule has 1 amide bonds. The predicted octanol–water partition coefficient (Wildman–Crippen LogP) is 2.44. The summed E-state index contributed by atoms with van der Waals surface area (Å²) in [7, 11) is 0. The van der Waals surface area contributed by atoms with E-state index >= 15 is 0 Å². The highest BCUT2D eigenvalue weighted by Crippen LogP contribution is 2.27. The summed E-state index contributed by atoms with van der Waals surface area (Å²) in [5, 5.41) is 0. The highest BCUT2D eigenvalue weighted by molar-refractivity contribution is 5.85. The first-order chi connectivity index (χ1) is 9.79. The number of alkyl halides is 3. The average Bonchev–Trinajstić information content (AvgIpc) is 2.45. The topological polar surface area (TPSA) is 49.6 Å². The van der Waals surface area contributed by atoms with E-state index in [1.165, 1.54) is 11.8 Å². The molecule has 9 heteroatoms. The van der Waals surface area contributed by atoms with Crippen molar-refractivity contribution < 1.29 is 18.0 Å². The summed E-state index contributed by atoms with van der Waals surface area (Å²) in [6, 6.07) is -1.36. The van der Waals surface area contributed by atoms with Gasteiger partial charge in [0.2, 0.25) is 5.91 Å². The van der Waals surface area contributed by atoms with Crippen molar-refractivity contribution in [2.24, 2.45) is 11.7 Å². The van der Waals surface area contributed by atoms with Gasteiger partial charge in [-0.1, -0.05) is 6.42 Å². The number of carbonyl (C=O) groups excluding carboxylic acids is 1. The van der Waals surface area contributed by atoms with Gasteiger partial charge >= 0.3 is 6.18 Å². The van der Waals surface area contributed by atoms with Gasteiger partial charge in [0.05, 0.1) is 0 Å². The van der Waals surface area contributed by atoms with Gasteiger partial charge < -0.3 is 10.6 Å². The van der Waals surface area contributed by atoms with Crippen LogP contribution in [0.2, 0.25) is 0 Å². The number of halogens is 5. The molecule has 23 heavy (non-hydrogen) atoms. The lowest BCUT2D eigenvalue weighted by Crippen LogP contribution is -2.56. The molecule has 3 unspecified atom stereocenters. The first kappa shape index (κ1) is 22.8. The van der Waals surface area contributed by atoms with Crippen LogP contribution in [-0.2, 0) is 4.79 Å². The second-order valence-corrected chi connectivity index (χ2v) is 6.20. The molecule has 1 saturated heterocycles. The van der Waals surface area contributed by atoms with Crippen LogP contribution in [0.25, 0.3) is 0 Å². The molecule has 1 aliphatic carbocycles. The Hall–Kier alpha value is -0.240. The van der Waals surface area contributed by atoms with E-state index in [0.29, 0.717) is 19.5 Å². The largest absolute Gasteiger partial charge is 0.403 e. The fourth-order valence-corrected chi connectivity index (χ4v) is 3.25. The predicted molar refractivity (Wildman–Crippen MR) is 88.1 cm³/mol. The third-order valence-corrected chi connectivity index (χ3v) is 4.71. The van der Waals surface area contributed by atoms with E-state index in [1.54, 1.807) is 4.90 Å². The summed E-state index contributed by atoms with van der Waals surface area (Å²) in [4.78, 5) is 15.5. The van der Waals surface area contributed by atoms with E-state index < -0.39 is 12.2 Å². The van der Waals surface area contributed by atoms with Crippen LogP contribution in [0.3, 0.4) is 0 Å². The lowest BCUT2D eigenvalue weighted by molar-refractivity contribution is -0.183. The number of piperazine rings is 1. The third-order valence-electron chi connectivity index (χ3n) is 4.71. The number of carbonyl (C=O) groups is 1. The minimum atomic E-state index is -4.21. The molecule has 0 aromatic heterocycles. The van der Waals surface area contributed by atoms with Gasteiger partial charge in [-0.25, -0.2) is 0 Å². The fourth-order valence-electron chi connectivity index (χ4n) is 3.25. The molecule has 2 N–H and O–H groups in total. The maximum Gasteiger partial charge on any atom is 0.403 e. The molecule has 1 saturated carbocycles. The number of rotatable bonds is 2. The second kappa shape index (κ2) is 9.30. The van der Waals surface area contributed by atoms with Crippen LogP contribution in [0.1, 0.15) is 32.6 Å². The number of amides is 1. The summed E-state index contributed by atoms with van der Waals surface area (Å²) in [6.07, 6.45) is -0.727. The van der Waals surface area contributed by atoms with E-state index in [2.05, 4.69) is 0 Å². The Morgan fingerprint density at radius 2 is 1.70 bits per heavy atom. The molecular formula is C14H26Cl2F3N3O. The van der Waals surface area contributed by atoms with Crippen LogP contribution in [0, 0.1) is 5.92 Å². The van der Waals surface area contributed by atoms with Crippen molar-refractivity contribution in [3.05, 3.63) is 0 Å². The Labute approximate surface area is 147 Å². The van der Waals surface area contributed by atoms with E-state index in [9.17, 15) is 18.0 Å². The number of nitrogens with zero attached hydrogens (tertiary/aromatic N) is 2. The first-order valence-electron chi connectivity index (χ1n) is 7.64. The van der Waals surface area contributed by atoms with Crippen molar-refractivity contribution in [2.75, 3.05) is 26.2 Å². The quantitative estimate of drug-likeness (QED) is 0.801. The van der Waals surface area contributed by atoms with Gasteiger partial charge in [0.1, 0.15) is 6.04 Å². The van der Waals surface area contributed by atoms with E-state index in [4.69, 9.17) is 5.73 Å². The molecule has 2 aliphatic rings. The van der Waals surface area contributed by atoms with Gasteiger partial charge in [0.15, 0.2) is 0 Å². The minimum absolute atomic E-state index is 0. The van der Waals surface area contributed by atoms with Crippen LogP contribution < -0.4 is 5.73 Å². The van der Waals surface area contributed by atoms with Crippen molar-refractivity contribution >= 4 is 30.7 Å².